The number of hydrogen-bond acceptors (Lipinski definition) is 6. The van der Waals surface area contributed by atoms with E-state index in [0.29, 0.717) is 11.1 Å². The van der Waals surface area contributed by atoms with Gasteiger partial charge in [-0.15, -0.1) is 0 Å². The molecule has 1 heterocycles. The van der Waals surface area contributed by atoms with Crippen molar-refractivity contribution in [1.82, 2.24) is 0 Å². The molecule has 0 aliphatic carbocycles. The maximum atomic E-state index is 12.7. The molecule has 1 aliphatic heterocycles. The first kappa shape index (κ1) is 16.4. The van der Waals surface area contributed by atoms with Crippen molar-refractivity contribution >= 4 is 10.1 Å². The Kier molecular flexibility index (Phi) is 3.47. The van der Waals surface area contributed by atoms with Gasteiger partial charge in [0.2, 0.25) is 0 Å². The fourth-order valence-corrected chi connectivity index (χ4v) is 4.71. The maximum absolute atomic E-state index is 12.7. The first-order valence-corrected chi connectivity index (χ1v) is 9.12. The fourth-order valence-electron chi connectivity index (χ4n) is 3.29. The summed E-state index contributed by atoms with van der Waals surface area (Å²) in [5.74, 6) is -0.473. The van der Waals surface area contributed by atoms with Crippen LogP contribution in [-0.4, -0.2) is 23.7 Å². The van der Waals surface area contributed by atoms with Crippen molar-refractivity contribution in [2.24, 2.45) is 0 Å². The summed E-state index contributed by atoms with van der Waals surface area (Å²) in [6.07, 6.45) is 0. The summed E-state index contributed by atoms with van der Waals surface area (Å²) in [5.41, 5.74) is -0.730. The largest absolute Gasteiger partial charge is 0.508 e. The van der Waals surface area contributed by atoms with Gasteiger partial charge in [0.05, 0.1) is 0 Å². The lowest BCUT2D eigenvalue weighted by atomic mass is 9.80. The third-order valence-corrected chi connectivity index (χ3v) is 5.77. The van der Waals surface area contributed by atoms with E-state index in [2.05, 4.69) is 0 Å². The van der Waals surface area contributed by atoms with Crippen LogP contribution in [0.2, 0.25) is 0 Å². The van der Waals surface area contributed by atoms with Gasteiger partial charge < -0.3 is 15.3 Å². The van der Waals surface area contributed by atoms with Gasteiger partial charge in [0, 0.05) is 17.2 Å². The van der Waals surface area contributed by atoms with E-state index in [9.17, 15) is 23.7 Å². The Morgan fingerprint density at radius 1 is 0.769 bits per heavy atom. The van der Waals surface area contributed by atoms with E-state index in [1.54, 1.807) is 18.2 Å². The van der Waals surface area contributed by atoms with E-state index >= 15 is 0 Å². The molecule has 0 saturated heterocycles. The molecule has 1 aliphatic rings. The molecule has 0 radical (unpaired) electrons. The van der Waals surface area contributed by atoms with Crippen LogP contribution in [0.3, 0.4) is 0 Å². The highest BCUT2D eigenvalue weighted by Gasteiger charge is 2.52. The minimum Gasteiger partial charge on any atom is -0.508 e. The Labute approximate surface area is 149 Å². The molecular weight excluding hydrogens is 356 g/mol. The van der Waals surface area contributed by atoms with E-state index in [1.807, 2.05) is 0 Å². The fraction of sp³-hybridized carbons (Fsp3) is 0.0526. The summed E-state index contributed by atoms with van der Waals surface area (Å²) in [4.78, 5) is 0.000509. The zero-order valence-electron chi connectivity index (χ0n) is 13.3. The monoisotopic (exact) mass is 370 g/mol. The van der Waals surface area contributed by atoms with Crippen molar-refractivity contribution < 1.29 is 27.9 Å². The van der Waals surface area contributed by atoms with Crippen LogP contribution < -0.4 is 0 Å². The predicted molar refractivity (Wildman–Crippen MR) is 92.5 cm³/mol. The second kappa shape index (κ2) is 5.48. The molecule has 3 aromatic carbocycles. The lowest BCUT2D eigenvalue weighted by Gasteiger charge is -2.30. The molecular formula is C19H14O6S. The van der Waals surface area contributed by atoms with E-state index in [4.69, 9.17) is 4.18 Å². The number of fused-ring (bicyclic) bond motifs is 1. The van der Waals surface area contributed by atoms with Crippen molar-refractivity contribution in [3.05, 3.63) is 83.4 Å². The number of aromatic hydroxyl groups is 3. The Balaban J connectivity index is 2.12. The van der Waals surface area contributed by atoms with Gasteiger partial charge in [-0.25, -0.2) is 4.18 Å². The third kappa shape index (κ3) is 2.25. The van der Waals surface area contributed by atoms with Crippen LogP contribution >= 0.6 is 0 Å². The summed E-state index contributed by atoms with van der Waals surface area (Å²) < 4.78 is 30.9. The lowest BCUT2D eigenvalue weighted by molar-refractivity contribution is 0.175. The molecule has 3 aromatic rings. The van der Waals surface area contributed by atoms with Crippen molar-refractivity contribution in [3.63, 3.8) is 0 Å². The highest BCUT2D eigenvalue weighted by Crippen LogP contribution is 2.52. The maximum Gasteiger partial charge on any atom is 0.298 e. The summed E-state index contributed by atoms with van der Waals surface area (Å²) in [5, 5.41) is 29.7. The third-order valence-electron chi connectivity index (χ3n) is 4.40. The average molecular weight is 370 g/mol. The van der Waals surface area contributed by atoms with Crippen molar-refractivity contribution in [1.29, 1.82) is 0 Å². The van der Waals surface area contributed by atoms with Crippen LogP contribution in [0.15, 0.2) is 71.6 Å². The minimum absolute atomic E-state index is 0.000509. The minimum atomic E-state index is -4.08. The zero-order chi connectivity index (χ0) is 18.5. The van der Waals surface area contributed by atoms with Crippen molar-refractivity contribution in [2.75, 3.05) is 0 Å². The quantitative estimate of drug-likeness (QED) is 0.599. The molecule has 3 N–H and O–H groups in total. The Morgan fingerprint density at radius 2 is 1.42 bits per heavy atom. The topological polar surface area (TPSA) is 104 Å². The number of phenols is 3. The molecule has 0 bridgehead atoms. The van der Waals surface area contributed by atoms with E-state index < -0.39 is 15.7 Å². The number of hydrogen-bond donors (Lipinski definition) is 3. The van der Waals surface area contributed by atoms with Gasteiger partial charge in [-0.2, -0.15) is 8.42 Å². The number of benzene rings is 3. The number of phenolic OH excluding ortho intramolecular Hbond substituents is 3. The molecule has 0 amide bonds. The Hall–Kier alpha value is -3.03. The van der Waals surface area contributed by atoms with E-state index in [0.717, 1.165) is 6.07 Å². The Morgan fingerprint density at radius 3 is 2.12 bits per heavy atom. The summed E-state index contributed by atoms with van der Waals surface area (Å²) >= 11 is 0. The molecule has 26 heavy (non-hydrogen) atoms. The molecule has 0 aromatic heterocycles. The predicted octanol–water partition coefficient (Wildman–Crippen LogP) is 2.81. The summed E-state index contributed by atoms with van der Waals surface area (Å²) in [6, 6.07) is 16.1. The molecule has 7 heteroatoms. The van der Waals surface area contributed by atoms with Crippen LogP contribution in [0.25, 0.3) is 0 Å². The molecule has 1 atom stereocenters. The van der Waals surface area contributed by atoms with Gasteiger partial charge >= 0.3 is 0 Å². The van der Waals surface area contributed by atoms with Crippen molar-refractivity contribution in [2.45, 2.75) is 10.5 Å². The van der Waals surface area contributed by atoms with Gasteiger partial charge in [-0.1, -0.05) is 30.3 Å². The van der Waals surface area contributed by atoms with Crippen LogP contribution in [0.4, 0.5) is 0 Å². The normalized spacial score (nSPS) is 20.6. The standard InChI is InChI=1S/C19H14O6S/c20-13-7-5-12(6-8-13)19(15-10-9-14(21)11-17(15)22)16-3-1-2-4-18(16)26(23,24)25-19/h1-11,20-22H. The number of rotatable bonds is 2. The molecule has 0 spiro atoms. The zero-order valence-corrected chi connectivity index (χ0v) is 14.1. The van der Waals surface area contributed by atoms with Crippen LogP contribution in [0, 0.1) is 0 Å². The lowest BCUT2D eigenvalue weighted by Crippen LogP contribution is -2.29. The molecule has 4 rings (SSSR count). The SMILES string of the molecule is O=S1(=O)OC(c2ccc(O)cc2)(c2ccc(O)cc2O)c2ccccc21. The first-order chi connectivity index (χ1) is 12.3. The average Bonchev–Trinajstić information content (AvgIpc) is 2.84. The van der Waals surface area contributed by atoms with Gasteiger partial charge in [-0.3, -0.25) is 0 Å². The second-order valence-electron chi connectivity index (χ2n) is 5.96. The van der Waals surface area contributed by atoms with Crippen molar-refractivity contribution in [3.8, 4) is 17.2 Å². The van der Waals surface area contributed by atoms with E-state index in [1.165, 1.54) is 42.5 Å². The van der Waals surface area contributed by atoms with E-state index in [-0.39, 0.29) is 27.7 Å². The second-order valence-corrected chi connectivity index (χ2v) is 7.48. The van der Waals surface area contributed by atoms with Crippen LogP contribution in [-0.2, 0) is 19.9 Å². The Bertz CT molecular complexity index is 1110. The first-order valence-electron chi connectivity index (χ1n) is 7.72. The highest BCUT2D eigenvalue weighted by molar-refractivity contribution is 7.87. The van der Waals surface area contributed by atoms with Gasteiger partial charge in [0.25, 0.3) is 10.1 Å². The smallest absolute Gasteiger partial charge is 0.298 e. The highest BCUT2D eigenvalue weighted by atomic mass is 32.2. The molecule has 1 unspecified atom stereocenters. The summed E-state index contributed by atoms with van der Waals surface area (Å²) in [6.45, 7) is 0. The molecule has 132 valence electrons. The molecule has 6 nitrogen and oxygen atoms in total. The molecule has 0 fully saturated rings. The summed E-state index contributed by atoms with van der Waals surface area (Å²) in [7, 11) is -4.08. The molecule has 0 saturated carbocycles. The van der Waals surface area contributed by atoms with Gasteiger partial charge in [0.1, 0.15) is 22.1 Å². The van der Waals surface area contributed by atoms with Gasteiger partial charge in [0.15, 0.2) is 5.60 Å². The van der Waals surface area contributed by atoms with Crippen LogP contribution in [0.5, 0.6) is 17.2 Å². The van der Waals surface area contributed by atoms with Gasteiger partial charge in [-0.05, 0) is 35.9 Å². The van der Waals surface area contributed by atoms with Crippen LogP contribution in [0.1, 0.15) is 16.7 Å².